The monoisotopic (exact) mass is 679 g/mol. The third kappa shape index (κ3) is 5.45. The van der Waals surface area contributed by atoms with Crippen molar-refractivity contribution in [2.75, 3.05) is 4.90 Å². The first-order valence-electron chi connectivity index (χ1n) is 17.9. The van der Waals surface area contributed by atoms with Crippen molar-refractivity contribution in [1.29, 1.82) is 0 Å². The Kier molecular flexibility index (Phi) is 7.43. The van der Waals surface area contributed by atoms with Gasteiger partial charge in [-0.3, -0.25) is 4.57 Å². The lowest BCUT2D eigenvalue weighted by Crippen LogP contribution is -2.11. The van der Waals surface area contributed by atoms with Gasteiger partial charge < -0.3 is 9.32 Å². The average molecular weight is 680 g/mol. The summed E-state index contributed by atoms with van der Waals surface area (Å²) in [5, 5.41) is 2.11. The van der Waals surface area contributed by atoms with Crippen LogP contribution in [-0.4, -0.2) is 9.55 Å². The molecule has 2 heterocycles. The van der Waals surface area contributed by atoms with E-state index in [2.05, 4.69) is 185 Å². The molecule has 2 aromatic heterocycles. The predicted octanol–water partition coefficient (Wildman–Crippen LogP) is 13.4. The topological polar surface area (TPSA) is 34.2 Å². The summed E-state index contributed by atoms with van der Waals surface area (Å²) in [5.74, 6) is 0.847. The summed E-state index contributed by atoms with van der Waals surface area (Å²) in [6, 6.07) is 70.2. The van der Waals surface area contributed by atoms with Crippen molar-refractivity contribution in [3.8, 4) is 39.3 Å². The van der Waals surface area contributed by atoms with Gasteiger partial charge in [0.15, 0.2) is 0 Å². The third-order valence-corrected chi connectivity index (χ3v) is 10.00. The van der Waals surface area contributed by atoms with Crippen molar-refractivity contribution in [3.05, 3.63) is 200 Å². The molecule has 0 amide bonds. The fourth-order valence-electron chi connectivity index (χ4n) is 7.49. The lowest BCUT2D eigenvalue weighted by molar-refractivity contribution is 0.669. The van der Waals surface area contributed by atoms with Crippen molar-refractivity contribution in [1.82, 2.24) is 9.55 Å². The largest absolute Gasteiger partial charge is 0.456 e. The number of fused-ring (bicyclic) bond motifs is 4. The highest BCUT2D eigenvalue weighted by atomic mass is 16.3. The molecular formula is C49H33N3O. The van der Waals surface area contributed by atoms with Crippen LogP contribution in [0.4, 0.5) is 17.1 Å². The highest BCUT2D eigenvalue weighted by Gasteiger charge is 2.24. The lowest BCUT2D eigenvalue weighted by atomic mass is 10.0. The van der Waals surface area contributed by atoms with Crippen LogP contribution in [0.2, 0.25) is 0 Å². The fourth-order valence-corrected chi connectivity index (χ4v) is 7.49. The van der Waals surface area contributed by atoms with Crippen LogP contribution in [0.3, 0.4) is 0 Å². The van der Waals surface area contributed by atoms with Gasteiger partial charge in [-0.15, -0.1) is 0 Å². The molecule has 0 saturated heterocycles. The molecule has 4 heteroatoms. The van der Waals surface area contributed by atoms with Crippen LogP contribution in [0.25, 0.3) is 72.3 Å². The Hall–Kier alpha value is -7.17. The summed E-state index contributed by atoms with van der Waals surface area (Å²) in [6.07, 6.45) is 0. The van der Waals surface area contributed by atoms with Crippen LogP contribution in [0.1, 0.15) is 0 Å². The average Bonchev–Trinajstić information content (AvgIpc) is 3.82. The van der Waals surface area contributed by atoms with Gasteiger partial charge in [0.2, 0.25) is 0 Å². The van der Waals surface area contributed by atoms with Gasteiger partial charge in [0, 0.05) is 28.0 Å². The number of imidazole rings is 1. The fraction of sp³-hybridized carbons (Fsp3) is 0. The summed E-state index contributed by atoms with van der Waals surface area (Å²) in [6.45, 7) is 0. The van der Waals surface area contributed by atoms with E-state index in [4.69, 9.17) is 9.40 Å². The summed E-state index contributed by atoms with van der Waals surface area (Å²) in [5.41, 5.74) is 13.4. The molecule has 53 heavy (non-hydrogen) atoms. The van der Waals surface area contributed by atoms with Gasteiger partial charge >= 0.3 is 0 Å². The molecule has 0 bridgehead atoms. The van der Waals surface area contributed by atoms with Gasteiger partial charge in [0.1, 0.15) is 17.0 Å². The maximum atomic E-state index is 6.69. The van der Waals surface area contributed by atoms with Crippen molar-refractivity contribution in [3.63, 3.8) is 0 Å². The zero-order valence-corrected chi connectivity index (χ0v) is 28.8. The molecule has 0 aliphatic heterocycles. The molecule has 0 radical (unpaired) electrons. The van der Waals surface area contributed by atoms with E-state index in [0.29, 0.717) is 0 Å². The van der Waals surface area contributed by atoms with Gasteiger partial charge in [-0.05, 0) is 89.0 Å². The van der Waals surface area contributed by atoms with Crippen molar-refractivity contribution < 1.29 is 4.42 Å². The van der Waals surface area contributed by atoms with E-state index in [0.717, 1.165) is 78.2 Å². The van der Waals surface area contributed by atoms with Gasteiger partial charge in [0.05, 0.1) is 22.1 Å². The first-order valence-corrected chi connectivity index (χ1v) is 17.9. The predicted molar refractivity (Wildman–Crippen MR) is 219 cm³/mol. The van der Waals surface area contributed by atoms with Crippen LogP contribution >= 0.6 is 0 Å². The van der Waals surface area contributed by atoms with Gasteiger partial charge in [-0.25, -0.2) is 4.98 Å². The zero-order chi connectivity index (χ0) is 35.1. The minimum Gasteiger partial charge on any atom is -0.456 e. The number of hydrogen-bond donors (Lipinski definition) is 0. The Bertz CT molecular complexity index is 2770. The highest BCUT2D eigenvalue weighted by molar-refractivity contribution is 6.14. The van der Waals surface area contributed by atoms with E-state index in [9.17, 15) is 0 Å². The second-order valence-corrected chi connectivity index (χ2v) is 13.2. The number of hydrogen-bond acceptors (Lipinski definition) is 3. The molecule has 0 atom stereocenters. The molecular weight excluding hydrogens is 647 g/mol. The Morgan fingerprint density at radius 3 is 1.60 bits per heavy atom. The maximum Gasteiger partial charge on any atom is 0.145 e. The van der Waals surface area contributed by atoms with Crippen LogP contribution in [-0.2, 0) is 0 Å². The Morgan fingerprint density at radius 1 is 0.434 bits per heavy atom. The van der Waals surface area contributed by atoms with E-state index in [1.54, 1.807) is 0 Å². The first-order chi connectivity index (χ1) is 26.3. The third-order valence-electron chi connectivity index (χ3n) is 10.00. The van der Waals surface area contributed by atoms with Gasteiger partial charge in [-0.1, -0.05) is 133 Å². The van der Waals surface area contributed by atoms with Crippen molar-refractivity contribution in [2.24, 2.45) is 0 Å². The quantitative estimate of drug-likeness (QED) is 0.168. The molecule has 0 saturated carbocycles. The number of furan rings is 1. The van der Waals surface area contributed by atoms with E-state index in [1.165, 1.54) is 11.1 Å². The highest BCUT2D eigenvalue weighted by Crippen LogP contribution is 2.46. The summed E-state index contributed by atoms with van der Waals surface area (Å²) in [4.78, 5) is 7.61. The number of benzene rings is 8. The molecule has 8 aromatic carbocycles. The number of para-hydroxylation sites is 4. The first kappa shape index (κ1) is 30.6. The lowest BCUT2D eigenvalue weighted by Gasteiger charge is -2.27. The molecule has 0 N–H and O–H groups in total. The molecule has 4 nitrogen and oxygen atoms in total. The molecule has 0 aliphatic rings. The van der Waals surface area contributed by atoms with Gasteiger partial charge in [0.25, 0.3) is 0 Å². The van der Waals surface area contributed by atoms with E-state index >= 15 is 0 Å². The smallest absolute Gasteiger partial charge is 0.145 e. The second-order valence-electron chi connectivity index (χ2n) is 13.2. The normalized spacial score (nSPS) is 11.4. The molecule has 10 aromatic rings. The van der Waals surface area contributed by atoms with E-state index in [1.807, 2.05) is 24.3 Å². The minimum absolute atomic E-state index is 0.803. The van der Waals surface area contributed by atoms with E-state index < -0.39 is 0 Å². The maximum absolute atomic E-state index is 6.69. The Balaban J connectivity index is 1.24. The molecule has 0 fully saturated rings. The standard InChI is InChI=1S/C49H33N3O/c1-4-14-34(15-5-1)36-24-28-40(29-25-36)51(41-30-26-37(27-31-41)35-16-6-2-7-17-35)45-32-38(33-47-48(45)42-20-10-13-23-46(42)53-47)49-50-43-21-11-12-22-44(43)52(49)39-18-8-3-9-19-39/h1-33H. The molecule has 0 aliphatic carbocycles. The molecule has 0 unspecified atom stereocenters. The summed E-state index contributed by atoms with van der Waals surface area (Å²) >= 11 is 0. The van der Waals surface area contributed by atoms with Crippen molar-refractivity contribution in [2.45, 2.75) is 0 Å². The number of nitrogens with zero attached hydrogens (tertiary/aromatic N) is 3. The number of rotatable bonds is 7. The number of aromatic nitrogens is 2. The van der Waals surface area contributed by atoms with Crippen LogP contribution in [0, 0.1) is 0 Å². The molecule has 250 valence electrons. The van der Waals surface area contributed by atoms with E-state index in [-0.39, 0.29) is 0 Å². The SMILES string of the molecule is c1ccc(-c2ccc(N(c3ccc(-c4ccccc4)cc3)c3cc(-c4nc5ccccc5n4-c4ccccc4)cc4oc5ccccc5c34)cc2)cc1. The van der Waals surface area contributed by atoms with Crippen molar-refractivity contribution >= 4 is 50.0 Å². The Morgan fingerprint density at radius 2 is 0.962 bits per heavy atom. The summed E-state index contributed by atoms with van der Waals surface area (Å²) < 4.78 is 8.93. The van der Waals surface area contributed by atoms with Gasteiger partial charge in [-0.2, -0.15) is 0 Å². The Labute approximate surface area is 307 Å². The molecule has 0 spiro atoms. The second kappa shape index (κ2) is 12.9. The van der Waals surface area contributed by atoms with Crippen LogP contribution < -0.4 is 4.90 Å². The minimum atomic E-state index is 0.803. The number of anilines is 3. The zero-order valence-electron chi connectivity index (χ0n) is 28.8. The van der Waals surface area contributed by atoms with Crippen LogP contribution in [0.15, 0.2) is 205 Å². The summed E-state index contributed by atoms with van der Waals surface area (Å²) in [7, 11) is 0. The van der Waals surface area contributed by atoms with Crippen LogP contribution in [0.5, 0.6) is 0 Å². The molecule has 10 rings (SSSR count).